The second-order valence-corrected chi connectivity index (χ2v) is 7.39. The lowest BCUT2D eigenvalue weighted by Crippen LogP contribution is -2.35. The van der Waals surface area contributed by atoms with Crippen LogP contribution in [0.1, 0.15) is 24.2 Å². The molecule has 0 saturated carbocycles. The van der Waals surface area contributed by atoms with Crippen molar-refractivity contribution in [2.75, 3.05) is 24.3 Å². The van der Waals surface area contributed by atoms with Gasteiger partial charge in [-0.15, -0.1) is 0 Å². The molecule has 0 fully saturated rings. The largest absolute Gasteiger partial charge is 0.493 e. The summed E-state index contributed by atoms with van der Waals surface area (Å²) in [5.41, 5.74) is 0.834. The molecule has 0 aliphatic heterocycles. The number of carbonyl (C=O) groups excluding carboxylic acids is 1. The van der Waals surface area contributed by atoms with Crippen molar-refractivity contribution in [3.05, 3.63) is 48.0 Å². The Morgan fingerprint density at radius 3 is 2.30 bits per heavy atom. The number of ether oxygens (including phenoxy) is 2. The van der Waals surface area contributed by atoms with Crippen LogP contribution in [0.15, 0.2) is 42.5 Å². The van der Waals surface area contributed by atoms with Gasteiger partial charge in [-0.1, -0.05) is 12.1 Å². The first-order valence-electron chi connectivity index (χ1n) is 8.18. The first-order chi connectivity index (χ1) is 12.8. The fraction of sp³-hybridized carbons (Fsp3) is 0.278. The number of hydrogen-bond acceptors (Lipinski definition) is 5. The van der Waals surface area contributed by atoms with E-state index in [4.69, 9.17) is 9.47 Å². The minimum atomic E-state index is -3.80. The van der Waals surface area contributed by atoms with Gasteiger partial charge in [0, 0.05) is 17.8 Å². The van der Waals surface area contributed by atoms with Crippen LogP contribution in [0.3, 0.4) is 0 Å². The molecule has 0 unspecified atom stereocenters. The third-order valence-electron chi connectivity index (χ3n) is 3.45. The van der Waals surface area contributed by atoms with Crippen LogP contribution < -0.4 is 24.2 Å². The molecule has 146 valence electrons. The van der Waals surface area contributed by atoms with Crippen molar-refractivity contribution < 1.29 is 22.7 Å². The standard InChI is InChI=1S/C18H23N3O5S/c1-12(2)20-27(23,24)21-15-8-6-5-7-14(15)18(22)19-13-9-10-16(25-3)17(11-13)26-4/h5-12,20-21H,1-4H3,(H,19,22). The predicted octanol–water partition coefficient (Wildman–Crippen LogP) is 2.61. The Morgan fingerprint density at radius 1 is 1.00 bits per heavy atom. The van der Waals surface area contributed by atoms with E-state index >= 15 is 0 Å². The first-order valence-corrected chi connectivity index (χ1v) is 9.66. The van der Waals surface area contributed by atoms with Crippen LogP contribution in [0.2, 0.25) is 0 Å². The number of methoxy groups -OCH3 is 2. The molecular formula is C18H23N3O5S. The van der Waals surface area contributed by atoms with Gasteiger partial charge in [0.1, 0.15) is 0 Å². The number of para-hydroxylation sites is 1. The maximum Gasteiger partial charge on any atom is 0.299 e. The van der Waals surface area contributed by atoms with Gasteiger partial charge in [-0.25, -0.2) is 0 Å². The molecule has 9 heteroatoms. The van der Waals surface area contributed by atoms with Gasteiger partial charge in [0.05, 0.1) is 25.5 Å². The lowest BCUT2D eigenvalue weighted by Gasteiger charge is -2.15. The molecule has 0 aliphatic rings. The lowest BCUT2D eigenvalue weighted by molar-refractivity contribution is 0.102. The summed E-state index contributed by atoms with van der Waals surface area (Å²) in [6.45, 7) is 3.41. The minimum Gasteiger partial charge on any atom is -0.493 e. The highest BCUT2D eigenvalue weighted by atomic mass is 32.2. The van der Waals surface area contributed by atoms with E-state index in [1.807, 2.05) is 0 Å². The summed E-state index contributed by atoms with van der Waals surface area (Å²) in [5, 5.41) is 2.72. The average Bonchev–Trinajstić information content (AvgIpc) is 2.60. The highest BCUT2D eigenvalue weighted by Crippen LogP contribution is 2.30. The maximum absolute atomic E-state index is 12.7. The van der Waals surface area contributed by atoms with E-state index in [2.05, 4.69) is 14.8 Å². The Bertz CT molecular complexity index is 913. The van der Waals surface area contributed by atoms with E-state index in [1.54, 1.807) is 44.2 Å². The highest BCUT2D eigenvalue weighted by Gasteiger charge is 2.17. The zero-order valence-corrected chi connectivity index (χ0v) is 16.4. The van der Waals surface area contributed by atoms with E-state index < -0.39 is 16.1 Å². The van der Waals surface area contributed by atoms with Crippen LogP contribution in [0, 0.1) is 0 Å². The van der Waals surface area contributed by atoms with E-state index in [0.717, 1.165) is 0 Å². The zero-order valence-electron chi connectivity index (χ0n) is 15.6. The van der Waals surface area contributed by atoms with Gasteiger partial charge in [0.15, 0.2) is 11.5 Å². The van der Waals surface area contributed by atoms with Crippen molar-refractivity contribution in [2.45, 2.75) is 19.9 Å². The number of nitrogens with one attached hydrogen (secondary N) is 3. The molecule has 0 atom stereocenters. The summed E-state index contributed by atoms with van der Waals surface area (Å²) >= 11 is 0. The smallest absolute Gasteiger partial charge is 0.299 e. The fourth-order valence-corrected chi connectivity index (χ4v) is 3.51. The van der Waals surface area contributed by atoms with E-state index in [1.165, 1.54) is 26.4 Å². The maximum atomic E-state index is 12.7. The fourth-order valence-electron chi connectivity index (χ4n) is 2.37. The lowest BCUT2D eigenvalue weighted by atomic mass is 10.1. The Balaban J connectivity index is 2.25. The number of benzene rings is 2. The Kier molecular flexibility index (Phi) is 6.65. The average molecular weight is 393 g/mol. The van der Waals surface area contributed by atoms with Gasteiger partial charge in [0.2, 0.25) is 0 Å². The molecule has 2 aromatic rings. The van der Waals surface area contributed by atoms with Crippen LogP contribution in [-0.2, 0) is 10.2 Å². The van der Waals surface area contributed by atoms with Crippen LogP contribution in [0.4, 0.5) is 11.4 Å². The second-order valence-electron chi connectivity index (χ2n) is 5.95. The first kappa shape index (κ1) is 20.5. The molecule has 0 aromatic heterocycles. The van der Waals surface area contributed by atoms with Gasteiger partial charge in [0.25, 0.3) is 16.1 Å². The van der Waals surface area contributed by atoms with Crippen LogP contribution >= 0.6 is 0 Å². The van der Waals surface area contributed by atoms with Crippen molar-refractivity contribution in [2.24, 2.45) is 0 Å². The van der Waals surface area contributed by atoms with Crippen molar-refractivity contribution in [1.29, 1.82) is 0 Å². The predicted molar refractivity (Wildman–Crippen MR) is 105 cm³/mol. The molecule has 2 rings (SSSR count). The molecule has 0 heterocycles. The molecule has 0 aliphatic carbocycles. The third-order valence-corrected chi connectivity index (χ3v) is 4.72. The second kappa shape index (κ2) is 8.74. The number of carbonyl (C=O) groups is 1. The molecule has 3 N–H and O–H groups in total. The van der Waals surface area contributed by atoms with Crippen LogP contribution in [-0.4, -0.2) is 34.6 Å². The zero-order chi connectivity index (χ0) is 20.0. The minimum absolute atomic E-state index is 0.170. The number of rotatable bonds is 8. The molecule has 27 heavy (non-hydrogen) atoms. The van der Waals surface area contributed by atoms with Gasteiger partial charge >= 0.3 is 0 Å². The molecule has 1 amide bonds. The molecule has 0 radical (unpaired) electrons. The van der Waals surface area contributed by atoms with E-state index in [9.17, 15) is 13.2 Å². The monoisotopic (exact) mass is 393 g/mol. The Hall–Kier alpha value is -2.78. The Labute approximate surface area is 159 Å². The van der Waals surface area contributed by atoms with Gasteiger partial charge in [-0.2, -0.15) is 13.1 Å². The van der Waals surface area contributed by atoms with Gasteiger partial charge in [-0.05, 0) is 38.1 Å². The summed E-state index contributed by atoms with van der Waals surface area (Å²) in [5.74, 6) is 0.527. The number of amides is 1. The third kappa shape index (κ3) is 5.60. The Morgan fingerprint density at radius 2 is 1.67 bits per heavy atom. The quantitative estimate of drug-likeness (QED) is 0.639. The number of anilines is 2. The topological polar surface area (TPSA) is 106 Å². The summed E-state index contributed by atoms with van der Waals surface area (Å²) in [7, 11) is -0.786. The normalized spacial score (nSPS) is 11.1. The summed E-state index contributed by atoms with van der Waals surface area (Å²) in [4.78, 5) is 12.7. The van der Waals surface area contributed by atoms with Crippen molar-refractivity contribution in [3.63, 3.8) is 0 Å². The molecule has 0 saturated heterocycles. The summed E-state index contributed by atoms with van der Waals surface area (Å²) < 4.78 is 39.4. The van der Waals surface area contributed by atoms with Crippen LogP contribution in [0.5, 0.6) is 11.5 Å². The SMILES string of the molecule is COc1ccc(NC(=O)c2ccccc2NS(=O)(=O)NC(C)C)cc1OC. The van der Waals surface area contributed by atoms with Crippen molar-refractivity contribution in [3.8, 4) is 11.5 Å². The highest BCUT2D eigenvalue weighted by molar-refractivity contribution is 7.90. The molecular weight excluding hydrogens is 370 g/mol. The molecule has 8 nitrogen and oxygen atoms in total. The summed E-state index contributed by atoms with van der Waals surface area (Å²) in [6, 6.07) is 11.0. The van der Waals surface area contributed by atoms with Gasteiger partial charge < -0.3 is 14.8 Å². The van der Waals surface area contributed by atoms with Crippen LogP contribution in [0.25, 0.3) is 0 Å². The van der Waals surface area contributed by atoms with Gasteiger partial charge in [-0.3, -0.25) is 9.52 Å². The molecule has 2 aromatic carbocycles. The van der Waals surface area contributed by atoms with E-state index in [-0.39, 0.29) is 17.3 Å². The molecule has 0 spiro atoms. The van der Waals surface area contributed by atoms with E-state index in [0.29, 0.717) is 17.2 Å². The summed E-state index contributed by atoms with van der Waals surface area (Å²) in [6.07, 6.45) is 0. The van der Waals surface area contributed by atoms with Crippen molar-refractivity contribution in [1.82, 2.24) is 4.72 Å². The van der Waals surface area contributed by atoms with Crippen molar-refractivity contribution >= 4 is 27.5 Å². The number of hydrogen-bond donors (Lipinski definition) is 3. The molecule has 0 bridgehead atoms.